The summed E-state index contributed by atoms with van der Waals surface area (Å²) in [5.41, 5.74) is 0.155. The maximum Gasteiger partial charge on any atom is 0.0865 e. The van der Waals surface area contributed by atoms with E-state index >= 15 is 0 Å². The molecule has 3 heteroatoms. The van der Waals surface area contributed by atoms with Crippen molar-refractivity contribution in [3.63, 3.8) is 0 Å². The lowest BCUT2D eigenvalue weighted by atomic mass is 9.87. The molecule has 0 saturated heterocycles. The van der Waals surface area contributed by atoms with Gasteiger partial charge < -0.3 is 4.74 Å². The molecule has 0 aromatic carbocycles. The highest BCUT2D eigenvalue weighted by Crippen LogP contribution is 2.24. The van der Waals surface area contributed by atoms with Crippen LogP contribution in [0.15, 0.2) is 17.3 Å². The van der Waals surface area contributed by atoms with E-state index in [1.807, 2.05) is 0 Å². The summed E-state index contributed by atoms with van der Waals surface area (Å²) in [5.74, 6) is 0. The highest BCUT2D eigenvalue weighted by molar-refractivity contribution is 4.91. The highest BCUT2D eigenvalue weighted by Gasteiger charge is 2.17. The maximum absolute atomic E-state index is 10.2. The smallest absolute Gasteiger partial charge is 0.0865 e. The molecule has 0 aromatic heterocycles. The van der Waals surface area contributed by atoms with Crippen molar-refractivity contribution in [3.8, 4) is 0 Å². The topological polar surface area (TPSA) is 38.7 Å². The molecule has 0 atom stereocenters. The van der Waals surface area contributed by atoms with Crippen LogP contribution in [0.25, 0.3) is 0 Å². The monoisotopic (exact) mass is 227 g/mol. The first kappa shape index (κ1) is 15.3. The summed E-state index contributed by atoms with van der Waals surface area (Å²) < 4.78 is 5.15. The third-order valence-corrected chi connectivity index (χ3v) is 2.54. The Morgan fingerprint density at radius 2 is 1.56 bits per heavy atom. The molecule has 0 saturated carbocycles. The minimum Gasteiger partial charge on any atom is -0.384 e. The molecule has 0 aromatic rings. The SMILES string of the molecule is COCC(C)(C)C/C=C/CC(C)(C)CN=O. The molecule has 0 rings (SSSR count). The predicted molar refractivity (Wildman–Crippen MR) is 68.5 cm³/mol. The first-order valence-corrected chi connectivity index (χ1v) is 5.76. The Kier molecular flexibility index (Phi) is 6.49. The van der Waals surface area contributed by atoms with Gasteiger partial charge in [0.2, 0.25) is 0 Å². The summed E-state index contributed by atoms with van der Waals surface area (Å²) in [6, 6.07) is 0. The molecule has 0 unspecified atom stereocenters. The van der Waals surface area contributed by atoms with Crippen LogP contribution >= 0.6 is 0 Å². The van der Waals surface area contributed by atoms with E-state index in [9.17, 15) is 4.91 Å². The number of methoxy groups -OCH3 is 1. The van der Waals surface area contributed by atoms with Crippen LogP contribution in [0.3, 0.4) is 0 Å². The zero-order valence-electron chi connectivity index (χ0n) is 11.2. The van der Waals surface area contributed by atoms with Crippen molar-refractivity contribution in [2.45, 2.75) is 40.5 Å². The van der Waals surface area contributed by atoms with Crippen molar-refractivity contribution >= 4 is 0 Å². The second-order valence-electron chi connectivity index (χ2n) is 5.93. The fraction of sp³-hybridized carbons (Fsp3) is 0.846. The number of allylic oxidation sites excluding steroid dienone is 2. The van der Waals surface area contributed by atoms with Gasteiger partial charge in [0.05, 0.1) is 13.2 Å². The standard InChI is InChI=1S/C13H25NO2/c1-12(2,10-14-15)8-6-7-9-13(3,4)11-16-5/h6-7H,8-11H2,1-5H3/b7-6+. The van der Waals surface area contributed by atoms with Crippen molar-refractivity contribution in [1.29, 1.82) is 0 Å². The summed E-state index contributed by atoms with van der Waals surface area (Å²) in [6.07, 6.45) is 6.20. The van der Waals surface area contributed by atoms with E-state index in [1.165, 1.54) is 0 Å². The van der Waals surface area contributed by atoms with Gasteiger partial charge in [-0.15, -0.1) is 0 Å². The van der Waals surface area contributed by atoms with Crippen LogP contribution in [0, 0.1) is 15.7 Å². The minimum absolute atomic E-state index is 0.0242. The van der Waals surface area contributed by atoms with Crippen molar-refractivity contribution in [2.75, 3.05) is 20.3 Å². The van der Waals surface area contributed by atoms with Crippen molar-refractivity contribution in [2.24, 2.45) is 16.0 Å². The summed E-state index contributed by atoms with van der Waals surface area (Å²) in [4.78, 5) is 10.2. The molecule has 16 heavy (non-hydrogen) atoms. The number of rotatable bonds is 8. The summed E-state index contributed by atoms with van der Waals surface area (Å²) >= 11 is 0. The molecule has 0 N–H and O–H groups in total. The average Bonchev–Trinajstić information content (AvgIpc) is 2.12. The molecular formula is C13H25NO2. The van der Waals surface area contributed by atoms with Crippen molar-refractivity contribution in [3.05, 3.63) is 17.1 Å². The lowest BCUT2D eigenvalue weighted by molar-refractivity contribution is 0.106. The quantitative estimate of drug-likeness (QED) is 0.467. The Labute approximate surface area is 99.2 Å². The van der Waals surface area contributed by atoms with Gasteiger partial charge in [-0.3, -0.25) is 0 Å². The molecule has 0 heterocycles. The van der Waals surface area contributed by atoms with Gasteiger partial charge in [0, 0.05) is 7.11 Å². The van der Waals surface area contributed by atoms with Crippen LogP contribution in [0.1, 0.15) is 40.5 Å². The van der Waals surface area contributed by atoms with Crippen LogP contribution < -0.4 is 0 Å². The number of ether oxygens (including phenoxy) is 1. The van der Waals surface area contributed by atoms with E-state index in [0.29, 0.717) is 6.54 Å². The van der Waals surface area contributed by atoms with E-state index in [-0.39, 0.29) is 10.8 Å². The molecule has 94 valence electrons. The highest BCUT2D eigenvalue weighted by atomic mass is 16.5. The van der Waals surface area contributed by atoms with E-state index in [4.69, 9.17) is 4.74 Å². The van der Waals surface area contributed by atoms with Gasteiger partial charge in [0.1, 0.15) is 0 Å². The molecule has 0 spiro atoms. The fourth-order valence-corrected chi connectivity index (χ4v) is 1.49. The first-order valence-electron chi connectivity index (χ1n) is 5.76. The number of nitrogens with zero attached hydrogens (tertiary/aromatic N) is 1. The fourth-order valence-electron chi connectivity index (χ4n) is 1.49. The number of hydrogen-bond acceptors (Lipinski definition) is 3. The number of nitroso groups, excluding NO2 is 1. The average molecular weight is 227 g/mol. The summed E-state index contributed by atoms with van der Waals surface area (Å²) in [5, 5.41) is 2.96. The van der Waals surface area contributed by atoms with Crippen LogP contribution in [0.2, 0.25) is 0 Å². The Bertz CT molecular complexity index is 232. The molecule has 0 bridgehead atoms. The second-order valence-corrected chi connectivity index (χ2v) is 5.93. The van der Waals surface area contributed by atoms with Crippen molar-refractivity contribution < 1.29 is 4.74 Å². The molecule has 0 aliphatic carbocycles. The third kappa shape index (κ3) is 7.57. The minimum atomic E-state index is -0.0242. The largest absolute Gasteiger partial charge is 0.384 e. The van der Waals surface area contributed by atoms with Crippen LogP contribution in [-0.2, 0) is 4.74 Å². The predicted octanol–water partition coefficient (Wildman–Crippen LogP) is 3.79. The zero-order valence-corrected chi connectivity index (χ0v) is 11.2. The van der Waals surface area contributed by atoms with E-state index < -0.39 is 0 Å². The zero-order chi connectivity index (χ0) is 12.7. The van der Waals surface area contributed by atoms with Gasteiger partial charge in [-0.1, -0.05) is 45.0 Å². The van der Waals surface area contributed by atoms with Gasteiger partial charge in [0.15, 0.2) is 0 Å². The molecule has 0 aliphatic rings. The van der Waals surface area contributed by atoms with Gasteiger partial charge in [-0.25, -0.2) is 0 Å². The Morgan fingerprint density at radius 3 is 2.00 bits per heavy atom. The molecule has 0 amide bonds. The van der Waals surface area contributed by atoms with Gasteiger partial charge in [0.25, 0.3) is 0 Å². The maximum atomic E-state index is 10.2. The van der Waals surface area contributed by atoms with Crippen LogP contribution in [-0.4, -0.2) is 20.3 Å². The Balaban J connectivity index is 3.98. The molecule has 3 nitrogen and oxygen atoms in total. The van der Waals surface area contributed by atoms with Gasteiger partial charge >= 0.3 is 0 Å². The van der Waals surface area contributed by atoms with E-state index in [1.54, 1.807) is 7.11 Å². The summed E-state index contributed by atoms with van der Waals surface area (Å²) in [6.45, 7) is 9.60. The normalized spacial score (nSPS) is 13.3. The molecular weight excluding hydrogens is 202 g/mol. The van der Waals surface area contributed by atoms with Crippen LogP contribution in [0.5, 0.6) is 0 Å². The summed E-state index contributed by atoms with van der Waals surface area (Å²) in [7, 11) is 1.73. The Morgan fingerprint density at radius 1 is 1.06 bits per heavy atom. The first-order chi connectivity index (χ1) is 7.33. The lowest BCUT2D eigenvalue weighted by Crippen LogP contribution is -2.17. The van der Waals surface area contributed by atoms with E-state index in [0.717, 1.165) is 19.4 Å². The van der Waals surface area contributed by atoms with Crippen LogP contribution in [0.4, 0.5) is 0 Å². The number of hydrogen-bond donors (Lipinski definition) is 0. The second kappa shape index (κ2) is 6.79. The van der Waals surface area contributed by atoms with E-state index in [2.05, 4.69) is 45.0 Å². The van der Waals surface area contributed by atoms with Gasteiger partial charge in [-0.05, 0) is 23.7 Å². The lowest BCUT2D eigenvalue weighted by Gasteiger charge is -2.22. The Hall–Kier alpha value is -0.700. The van der Waals surface area contributed by atoms with Crippen molar-refractivity contribution in [1.82, 2.24) is 0 Å². The van der Waals surface area contributed by atoms with Gasteiger partial charge in [-0.2, -0.15) is 4.91 Å². The molecule has 0 fully saturated rings. The molecule has 0 aliphatic heterocycles. The third-order valence-electron chi connectivity index (χ3n) is 2.54. The molecule has 0 radical (unpaired) electrons.